The standard InChI is InChI=1S/C9H8BrFO3S/c1-15(13,14)9(10)8(12)6-2-4-7(11)5-3-6/h2-5,9H,1H3. The quantitative estimate of drug-likeness (QED) is 0.631. The average molecular weight is 295 g/mol. The van der Waals surface area contributed by atoms with Gasteiger partial charge in [0, 0.05) is 11.8 Å². The van der Waals surface area contributed by atoms with Gasteiger partial charge in [0.1, 0.15) is 5.82 Å². The zero-order valence-electron chi connectivity index (χ0n) is 7.78. The molecule has 1 aromatic rings. The molecular weight excluding hydrogens is 287 g/mol. The van der Waals surface area contributed by atoms with E-state index in [1.54, 1.807) is 0 Å². The highest BCUT2D eigenvalue weighted by molar-refractivity contribution is 9.11. The van der Waals surface area contributed by atoms with Gasteiger partial charge in [0.05, 0.1) is 0 Å². The van der Waals surface area contributed by atoms with Crippen molar-refractivity contribution >= 4 is 31.6 Å². The van der Waals surface area contributed by atoms with Crippen molar-refractivity contribution < 1.29 is 17.6 Å². The highest BCUT2D eigenvalue weighted by Gasteiger charge is 2.26. The van der Waals surface area contributed by atoms with Crippen LogP contribution < -0.4 is 0 Å². The monoisotopic (exact) mass is 294 g/mol. The summed E-state index contributed by atoms with van der Waals surface area (Å²) in [5.41, 5.74) is 0.156. The van der Waals surface area contributed by atoms with Crippen LogP contribution in [0.25, 0.3) is 0 Å². The Balaban J connectivity index is 3.01. The molecule has 1 rings (SSSR count). The molecule has 0 N–H and O–H groups in total. The third-order valence-electron chi connectivity index (χ3n) is 1.71. The van der Waals surface area contributed by atoms with E-state index in [0.717, 1.165) is 18.4 Å². The zero-order chi connectivity index (χ0) is 11.6. The van der Waals surface area contributed by atoms with E-state index in [4.69, 9.17) is 0 Å². The van der Waals surface area contributed by atoms with Crippen LogP contribution in [0.1, 0.15) is 10.4 Å². The van der Waals surface area contributed by atoms with Crippen LogP contribution in [-0.2, 0) is 9.84 Å². The lowest BCUT2D eigenvalue weighted by Crippen LogP contribution is -2.23. The van der Waals surface area contributed by atoms with Gasteiger partial charge in [-0.15, -0.1) is 0 Å². The van der Waals surface area contributed by atoms with Gasteiger partial charge >= 0.3 is 0 Å². The van der Waals surface area contributed by atoms with E-state index in [1.807, 2.05) is 0 Å². The maximum atomic E-state index is 12.5. The molecule has 82 valence electrons. The first-order chi connectivity index (χ1) is 6.82. The molecule has 0 spiro atoms. The summed E-state index contributed by atoms with van der Waals surface area (Å²) in [5.74, 6) is -1.07. The minimum absolute atomic E-state index is 0.156. The molecular formula is C9H8BrFO3S. The average Bonchev–Trinajstić information content (AvgIpc) is 2.15. The third kappa shape index (κ3) is 3.10. The number of ketones is 1. The van der Waals surface area contributed by atoms with Crippen molar-refractivity contribution in [2.45, 2.75) is 4.16 Å². The maximum Gasteiger partial charge on any atom is 0.191 e. The van der Waals surface area contributed by atoms with E-state index in [9.17, 15) is 17.6 Å². The van der Waals surface area contributed by atoms with Gasteiger partial charge < -0.3 is 0 Å². The number of alkyl halides is 1. The molecule has 0 radical (unpaired) electrons. The molecule has 3 nitrogen and oxygen atoms in total. The molecule has 0 fully saturated rings. The van der Waals surface area contributed by atoms with Gasteiger partial charge in [-0.05, 0) is 24.3 Å². The Bertz CT molecular complexity index is 467. The Kier molecular flexibility index (Phi) is 3.62. The summed E-state index contributed by atoms with van der Waals surface area (Å²) in [7, 11) is -3.49. The van der Waals surface area contributed by atoms with E-state index in [2.05, 4.69) is 15.9 Å². The second-order valence-corrected chi connectivity index (χ2v) is 6.67. The highest BCUT2D eigenvalue weighted by Crippen LogP contribution is 2.15. The van der Waals surface area contributed by atoms with E-state index < -0.39 is 25.6 Å². The van der Waals surface area contributed by atoms with Crippen LogP contribution in [0.4, 0.5) is 4.39 Å². The van der Waals surface area contributed by atoms with Crippen molar-refractivity contribution in [3.8, 4) is 0 Å². The SMILES string of the molecule is CS(=O)(=O)C(Br)C(=O)c1ccc(F)cc1. The van der Waals surface area contributed by atoms with Crippen molar-refractivity contribution in [2.24, 2.45) is 0 Å². The lowest BCUT2D eigenvalue weighted by atomic mass is 10.1. The second kappa shape index (κ2) is 4.40. The van der Waals surface area contributed by atoms with Crippen LogP contribution in [0, 0.1) is 5.82 Å². The molecule has 1 atom stereocenters. The number of carbonyl (C=O) groups excluding carboxylic acids is 1. The Morgan fingerprint density at radius 1 is 1.33 bits per heavy atom. The van der Waals surface area contributed by atoms with Gasteiger partial charge in [-0.25, -0.2) is 12.8 Å². The van der Waals surface area contributed by atoms with Gasteiger partial charge in [0.25, 0.3) is 0 Å². The van der Waals surface area contributed by atoms with E-state index >= 15 is 0 Å². The third-order valence-corrected chi connectivity index (χ3v) is 5.13. The summed E-state index contributed by atoms with van der Waals surface area (Å²) >= 11 is 2.79. The summed E-state index contributed by atoms with van der Waals surface area (Å²) < 4.78 is 33.4. The predicted molar refractivity (Wildman–Crippen MR) is 58.3 cm³/mol. The number of halogens is 2. The van der Waals surface area contributed by atoms with Crippen molar-refractivity contribution in [1.29, 1.82) is 0 Å². The van der Waals surface area contributed by atoms with Gasteiger partial charge in [-0.1, -0.05) is 15.9 Å². The number of hydrogen-bond acceptors (Lipinski definition) is 3. The first kappa shape index (κ1) is 12.3. The van der Waals surface area contributed by atoms with Crippen molar-refractivity contribution in [1.82, 2.24) is 0 Å². The minimum atomic E-state index is -3.49. The maximum absolute atomic E-state index is 12.5. The Morgan fingerprint density at radius 3 is 2.20 bits per heavy atom. The molecule has 0 aliphatic carbocycles. The summed E-state index contributed by atoms with van der Waals surface area (Å²) in [6.45, 7) is 0. The molecule has 6 heteroatoms. The Labute approximate surface area is 95.3 Å². The molecule has 0 aliphatic heterocycles. The second-order valence-electron chi connectivity index (χ2n) is 3.02. The summed E-state index contributed by atoms with van der Waals surface area (Å²) in [4.78, 5) is 11.6. The molecule has 1 unspecified atom stereocenters. The van der Waals surface area contributed by atoms with Crippen molar-refractivity contribution in [3.05, 3.63) is 35.6 Å². The van der Waals surface area contributed by atoms with Crippen LogP contribution in [0.3, 0.4) is 0 Å². The number of sulfone groups is 1. The Hall–Kier alpha value is -0.750. The number of rotatable bonds is 3. The smallest absolute Gasteiger partial charge is 0.191 e. The lowest BCUT2D eigenvalue weighted by Gasteiger charge is -2.06. The molecule has 0 aliphatic rings. The summed E-state index contributed by atoms with van der Waals surface area (Å²) in [6.07, 6.45) is 0.952. The van der Waals surface area contributed by atoms with Gasteiger partial charge in [-0.3, -0.25) is 4.79 Å². The molecule has 0 saturated carbocycles. The lowest BCUT2D eigenvalue weighted by molar-refractivity contribution is 0.101. The van der Waals surface area contributed by atoms with Crippen LogP contribution in [-0.4, -0.2) is 24.6 Å². The first-order valence-electron chi connectivity index (χ1n) is 3.95. The van der Waals surface area contributed by atoms with Gasteiger partial charge in [0.15, 0.2) is 19.8 Å². The molecule has 15 heavy (non-hydrogen) atoms. The Morgan fingerprint density at radius 2 is 1.80 bits per heavy atom. The molecule has 0 amide bonds. The van der Waals surface area contributed by atoms with E-state index in [-0.39, 0.29) is 5.56 Å². The molecule has 1 aromatic carbocycles. The minimum Gasteiger partial charge on any atom is -0.292 e. The topological polar surface area (TPSA) is 51.2 Å². The van der Waals surface area contributed by atoms with Gasteiger partial charge in [0.2, 0.25) is 0 Å². The summed E-state index contributed by atoms with van der Waals surface area (Å²) in [6, 6.07) is 4.71. The molecule has 0 aromatic heterocycles. The molecule has 0 heterocycles. The van der Waals surface area contributed by atoms with E-state index in [0.29, 0.717) is 0 Å². The highest BCUT2D eigenvalue weighted by atomic mass is 79.9. The summed E-state index contributed by atoms with van der Waals surface area (Å²) in [5, 5.41) is 0. The normalized spacial score (nSPS) is 13.5. The fourth-order valence-electron chi connectivity index (χ4n) is 0.940. The van der Waals surface area contributed by atoms with Crippen LogP contribution in [0.2, 0.25) is 0 Å². The van der Waals surface area contributed by atoms with E-state index in [1.165, 1.54) is 12.1 Å². The number of carbonyl (C=O) groups is 1. The first-order valence-corrected chi connectivity index (χ1v) is 6.82. The van der Waals surface area contributed by atoms with Crippen LogP contribution in [0.5, 0.6) is 0 Å². The van der Waals surface area contributed by atoms with Crippen LogP contribution in [0.15, 0.2) is 24.3 Å². The fraction of sp³-hybridized carbons (Fsp3) is 0.222. The van der Waals surface area contributed by atoms with Crippen molar-refractivity contribution in [3.63, 3.8) is 0 Å². The number of benzene rings is 1. The number of hydrogen-bond donors (Lipinski definition) is 0. The predicted octanol–water partition coefficient (Wildman–Crippen LogP) is 1.77. The zero-order valence-corrected chi connectivity index (χ0v) is 10.2. The molecule has 0 saturated heterocycles. The molecule has 0 bridgehead atoms. The van der Waals surface area contributed by atoms with Crippen LogP contribution >= 0.6 is 15.9 Å². The fourth-order valence-corrected chi connectivity index (χ4v) is 1.73. The van der Waals surface area contributed by atoms with Crippen molar-refractivity contribution in [2.75, 3.05) is 6.26 Å². The largest absolute Gasteiger partial charge is 0.292 e. The number of Topliss-reactive ketones (excluding diaryl/α,β-unsaturated/α-hetero) is 1. The van der Waals surface area contributed by atoms with Gasteiger partial charge in [-0.2, -0.15) is 0 Å².